The third-order valence-corrected chi connectivity index (χ3v) is 5.96. The maximum Gasteiger partial charge on any atom is 0.287 e. The Kier molecular flexibility index (Phi) is 6.41. The van der Waals surface area contributed by atoms with Crippen molar-refractivity contribution in [3.8, 4) is 5.75 Å². The van der Waals surface area contributed by atoms with Gasteiger partial charge in [-0.05, 0) is 73.3 Å². The van der Waals surface area contributed by atoms with Gasteiger partial charge in [-0.15, -0.1) is 5.10 Å². The lowest BCUT2D eigenvalue weighted by atomic mass is 9.92. The Morgan fingerprint density at radius 1 is 1.20 bits per heavy atom. The van der Waals surface area contributed by atoms with E-state index < -0.39 is 0 Å². The van der Waals surface area contributed by atoms with E-state index in [2.05, 4.69) is 22.5 Å². The summed E-state index contributed by atoms with van der Waals surface area (Å²) in [6, 6.07) is 11.1. The number of anilines is 1. The Balaban J connectivity index is 1.38. The van der Waals surface area contributed by atoms with Crippen molar-refractivity contribution in [3.63, 3.8) is 0 Å². The molecular weight excluding hydrogens is 445 g/mol. The van der Waals surface area contributed by atoms with Crippen molar-refractivity contribution in [1.29, 1.82) is 0 Å². The fourth-order valence-electron chi connectivity index (χ4n) is 3.38. The molecule has 1 aliphatic carbocycles. The summed E-state index contributed by atoms with van der Waals surface area (Å²) in [5.74, 6) is 0.705. The molecule has 6 nitrogen and oxygen atoms in total. The van der Waals surface area contributed by atoms with E-state index in [9.17, 15) is 4.79 Å². The van der Waals surface area contributed by atoms with Crippen LogP contribution >= 0.6 is 35.4 Å². The van der Waals surface area contributed by atoms with Crippen molar-refractivity contribution < 1.29 is 13.9 Å². The fourth-order valence-corrected chi connectivity index (χ4v) is 3.93. The first-order valence-corrected chi connectivity index (χ1v) is 10.7. The van der Waals surface area contributed by atoms with Crippen LogP contribution in [0.5, 0.6) is 5.75 Å². The maximum atomic E-state index is 12.3. The standard InChI is InChI=1S/C21H19Cl2N3O3S/c22-16-6-3-7-17(20(16)23)24-18(27)11-26-21(30)29-19(25-26)12-28-15-9-8-13-4-1-2-5-14(13)10-15/h3,6-10H,1-2,4-5,11-12H2,(H,24,27). The summed E-state index contributed by atoms with van der Waals surface area (Å²) in [6.07, 6.45) is 4.64. The van der Waals surface area contributed by atoms with Crippen molar-refractivity contribution in [2.45, 2.75) is 38.8 Å². The second-order valence-electron chi connectivity index (χ2n) is 7.00. The van der Waals surface area contributed by atoms with Gasteiger partial charge in [-0.1, -0.05) is 35.3 Å². The average molecular weight is 464 g/mol. The highest BCUT2D eigenvalue weighted by atomic mass is 35.5. The zero-order valence-electron chi connectivity index (χ0n) is 16.0. The van der Waals surface area contributed by atoms with Crippen molar-refractivity contribution in [3.05, 3.63) is 68.3 Å². The number of nitrogens with zero attached hydrogens (tertiary/aromatic N) is 2. The van der Waals surface area contributed by atoms with Crippen LogP contribution in [0.1, 0.15) is 29.9 Å². The van der Waals surface area contributed by atoms with E-state index in [0.29, 0.717) is 16.6 Å². The molecule has 1 N–H and O–H groups in total. The first-order valence-electron chi connectivity index (χ1n) is 9.55. The van der Waals surface area contributed by atoms with Gasteiger partial charge in [-0.25, -0.2) is 4.68 Å². The molecular formula is C21H19Cl2N3O3S. The molecule has 0 radical (unpaired) electrons. The number of halogens is 2. The predicted molar refractivity (Wildman–Crippen MR) is 118 cm³/mol. The van der Waals surface area contributed by atoms with Crippen LogP contribution in [0, 0.1) is 4.84 Å². The number of hydrogen-bond donors (Lipinski definition) is 1. The van der Waals surface area contributed by atoms with Crippen LogP contribution in [0.3, 0.4) is 0 Å². The topological polar surface area (TPSA) is 69.3 Å². The molecule has 0 spiro atoms. The quantitative estimate of drug-likeness (QED) is 0.481. The molecule has 0 saturated heterocycles. The zero-order valence-corrected chi connectivity index (χ0v) is 18.3. The Hall–Kier alpha value is -2.35. The Bertz CT molecular complexity index is 1140. The normalized spacial score (nSPS) is 13.0. The highest BCUT2D eigenvalue weighted by molar-refractivity contribution is 7.71. The first-order chi connectivity index (χ1) is 14.5. The molecule has 156 valence electrons. The number of carbonyl (C=O) groups excluding carboxylic acids is 1. The summed E-state index contributed by atoms with van der Waals surface area (Å²) >= 11 is 17.2. The number of amides is 1. The number of ether oxygens (including phenoxy) is 1. The van der Waals surface area contributed by atoms with E-state index in [1.54, 1.807) is 18.2 Å². The van der Waals surface area contributed by atoms with Gasteiger partial charge in [-0.2, -0.15) is 0 Å². The number of aromatic nitrogens is 2. The number of nitrogens with one attached hydrogen (secondary N) is 1. The van der Waals surface area contributed by atoms with Gasteiger partial charge in [-0.3, -0.25) is 4.79 Å². The summed E-state index contributed by atoms with van der Waals surface area (Å²) in [7, 11) is 0. The molecule has 0 unspecified atom stereocenters. The molecule has 0 fully saturated rings. The molecule has 2 aromatic carbocycles. The van der Waals surface area contributed by atoms with Crippen LogP contribution in [0.2, 0.25) is 10.0 Å². The lowest BCUT2D eigenvalue weighted by Crippen LogP contribution is -2.20. The van der Waals surface area contributed by atoms with Crippen molar-refractivity contribution in [2.75, 3.05) is 5.32 Å². The average Bonchev–Trinajstić information content (AvgIpc) is 3.09. The summed E-state index contributed by atoms with van der Waals surface area (Å²) < 4.78 is 12.6. The Morgan fingerprint density at radius 2 is 2.00 bits per heavy atom. The van der Waals surface area contributed by atoms with Crippen LogP contribution < -0.4 is 10.1 Å². The summed E-state index contributed by atoms with van der Waals surface area (Å²) in [5, 5.41) is 7.55. The smallest absolute Gasteiger partial charge is 0.287 e. The second kappa shape index (κ2) is 9.20. The van der Waals surface area contributed by atoms with E-state index in [-0.39, 0.29) is 28.9 Å². The molecule has 1 heterocycles. The number of hydrogen-bond acceptors (Lipinski definition) is 5. The minimum absolute atomic E-state index is 0.0892. The minimum Gasteiger partial charge on any atom is -0.484 e. The summed E-state index contributed by atoms with van der Waals surface area (Å²) in [6.45, 7) is 0.00118. The van der Waals surface area contributed by atoms with E-state index in [1.807, 2.05) is 6.07 Å². The molecule has 3 aromatic rings. The van der Waals surface area contributed by atoms with Crippen molar-refractivity contribution in [1.82, 2.24) is 9.78 Å². The van der Waals surface area contributed by atoms with E-state index in [1.165, 1.54) is 28.7 Å². The first kappa shape index (κ1) is 20.9. The van der Waals surface area contributed by atoms with Gasteiger partial charge in [0, 0.05) is 0 Å². The largest absolute Gasteiger partial charge is 0.484 e. The van der Waals surface area contributed by atoms with Crippen LogP contribution in [-0.4, -0.2) is 15.7 Å². The van der Waals surface area contributed by atoms with E-state index >= 15 is 0 Å². The number of benzene rings is 2. The summed E-state index contributed by atoms with van der Waals surface area (Å²) in [5.41, 5.74) is 3.14. The van der Waals surface area contributed by atoms with E-state index in [0.717, 1.165) is 18.6 Å². The predicted octanol–water partition coefficient (Wildman–Crippen LogP) is 5.61. The van der Waals surface area contributed by atoms with Crippen molar-refractivity contribution in [2.24, 2.45) is 0 Å². The minimum atomic E-state index is -0.356. The molecule has 30 heavy (non-hydrogen) atoms. The van der Waals surface area contributed by atoms with E-state index in [4.69, 9.17) is 44.6 Å². The van der Waals surface area contributed by atoms with Crippen LogP contribution in [-0.2, 0) is 30.8 Å². The molecule has 0 bridgehead atoms. The molecule has 9 heteroatoms. The number of carbonyl (C=O) groups is 1. The highest BCUT2D eigenvalue weighted by Gasteiger charge is 2.14. The molecule has 0 saturated carbocycles. The molecule has 1 aliphatic rings. The van der Waals surface area contributed by atoms with Crippen molar-refractivity contribution >= 4 is 47.0 Å². The lowest BCUT2D eigenvalue weighted by molar-refractivity contribution is -0.117. The molecule has 0 aliphatic heterocycles. The van der Waals surface area contributed by atoms with Gasteiger partial charge < -0.3 is 14.5 Å². The molecule has 0 atom stereocenters. The van der Waals surface area contributed by atoms with Gasteiger partial charge in [0.25, 0.3) is 10.7 Å². The number of aryl methyl sites for hydroxylation is 2. The Labute approximate surface area is 188 Å². The van der Waals surface area contributed by atoms with Gasteiger partial charge in [0.15, 0.2) is 6.61 Å². The second-order valence-corrected chi connectivity index (χ2v) is 8.13. The van der Waals surface area contributed by atoms with Gasteiger partial charge in [0.2, 0.25) is 5.91 Å². The van der Waals surface area contributed by atoms with Crippen LogP contribution in [0.15, 0.2) is 40.8 Å². The molecule has 4 rings (SSSR count). The van der Waals surface area contributed by atoms with Gasteiger partial charge >= 0.3 is 0 Å². The molecule has 1 aromatic heterocycles. The highest BCUT2D eigenvalue weighted by Crippen LogP contribution is 2.29. The third-order valence-electron chi connectivity index (χ3n) is 4.85. The van der Waals surface area contributed by atoms with Crippen LogP contribution in [0.4, 0.5) is 5.69 Å². The van der Waals surface area contributed by atoms with Gasteiger partial charge in [0.05, 0.1) is 15.7 Å². The SMILES string of the molecule is O=C(Cn1nc(COc2ccc3c(c2)CCCC3)oc1=S)Nc1cccc(Cl)c1Cl. The third kappa shape index (κ3) is 4.86. The lowest BCUT2D eigenvalue weighted by Gasteiger charge is -2.16. The number of rotatable bonds is 6. The Morgan fingerprint density at radius 3 is 2.83 bits per heavy atom. The van der Waals surface area contributed by atoms with Gasteiger partial charge in [0.1, 0.15) is 12.3 Å². The zero-order chi connectivity index (χ0) is 21.1. The maximum absolute atomic E-state index is 12.3. The molecule has 1 amide bonds. The summed E-state index contributed by atoms with van der Waals surface area (Å²) in [4.78, 5) is 12.4. The monoisotopic (exact) mass is 463 g/mol. The fraction of sp³-hybridized carbons (Fsp3) is 0.286. The van der Waals surface area contributed by atoms with Crippen LogP contribution in [0.25, 0.3) is 0 Å². The number of fused-ring (bicyclic) bond motifs is 1.